The molecule has 0 aliphatic carbocycles. The van der Waals surface area contributed by atoms with E-state index in [-0.39, 0.29) is 11.6 Å². The Kier molecular flexibility index (Phi) is 3.53. The lowest BCUT2D eigenvalue weighted by molar-refractivity contribution is 0.123. The van der Waals surface area contributed by atoms with Gasteiger partial charge in [-0.3, -0.25) is 4.90 Å². The maximum atomic E-state index is 10.1. The molecule has 1 aliphatic heterocycles. The van der Waals surface area contributed by atoms with Gasteiger partial charge in [-0.1, -0.05) is 6.07 Å². The lowest BCUT2D eigenvalue weighted by Gasteiger charge is -2.37. The normalized spacial score (nSPS) is 20.9. The first-order valence-corrected chi connectivity index (χ1v) is 6.59. The van der Waals surface area contributed by atoms with Gasteiger partial charge >= 0.3 is 0 Å². The number of nitrogens with zero attached hydrogens (tertiary/aromatic N) is 1. The zero-order chi connectivity index (χ0) is 13.3. The van der Waals surface area contributed by atoms with Crippen LogP contribution in [0, 0.1) is 0 Å². The summed E-state index contributed by atoms with van der Waals surface area (Å²) < 4.78 is 5.12. The fourth-order valence-corrected chi connectivity index (χ4v) is 3.02. The minimum Gasteiger partial charge on any atom is -0.507 e. The Balaban J connectivity index is 2.26. The zero-order valence-electron chi connectivity index (χ0n) is 11.7. The third-order valence-corrected chi connectivity index (χ3v) is 4.12. The van der Waals surface area contributed by atoms with Gasteiger partial charge in [0.15, 0.2) is 0 Å². The number of benzene rings is 1. The van der Waals surface area contributed by atoms with E-state index in [2.05, 4.69) is 25.7 Å². The molecule has 18 heavy (non-hydrogen) atoms. The molecule has 100 valence electrons. The molecule has 1 saturated heterocycles. The molecule has 2 rings (SSSR count). The van der Waals surface area contributed by atoms with Gasteiger partial charge in [0.05, 0.1) is 7.11 Å². The van der Waals surface area contributed by atoms with Gasteiger partial charge in [0.25, 0.3) is 0 Å². The molecule has 0 spiro atoms. The first-order chi connectivity index (χ1) is 8.45. The standard InChI is InChI=1S/C15H23NO2/c1-11(16-9-5-8-15(16,2)3)13-7-6-12(18-4)10-14(13)17/h6-7,10-11,17H,5,8-9H2,1-4H3. The molecule has 0 amide bonds. The van der Waals surface area contributed by atoms with Crippen LogP contribution in [0.5, 0.6) is 11.5 Å². The fraction of sp³-hybridized carbons (Fsp3) is 0.600. The van der Waals surface area contributed by atoms with Crippen LogP contribution in [0.1, 0.15) is 45.2 Å². The molecular formula is C15H23NO2. The fourth-order valence-electron chi connectivity index (χ4n) is 3.02. The SMILES string of the molecule is COc1ccc(C(C)N2CCCC2(C)C)c(O)c1. The summed E-state index contributed by atoms with van der Waals surface area (Å²) in [6.45, 7) is 7.81. The Morgan fingerprint density at radius 1 is 1.39 bits per heavy atom. The number of rotatable bonds is 3. The summed E-state index contributed by atoms with van der Waals surface area (Å²) in [6.07, 6.45) is 2.45. The van der Waals surface area contributed by atoms with Gasteiger partial charge in [0.1, 0.15) is 11.5 Å². The van der Waals surface area contributed by atoms with Crippen LogP contribution in [-0.2, 0) is 0 Å². The second-order valence-corrected chi connectivity index (χ2v) is 5.71. The van der Waals surface area contributed by atoms with Gasteiger partial charge in [0.2, 0.25) is 0 Å². The van der Waals surface area contributed by atoms with E-state index < -0.39 is 0 Å². The van der Waals surface area contributed by atoms with E-state index in [1.807, 2.05) is 12.1 Å². The number of likely N-dealkylation sites (tertiary alicyclic amines) is 1. The van der Waals surface area contributed by atoms with Crippen molar-refractivity contribution in [1.82, 2.24) is 4.90 Å². The van der Waals surface area contributed by atoms with E-state index in [1.54, 1.807) is 13.2 Å². The second-order valence-electron chi connectivity index (χ2n) is 5.71. The number of hydrogen-bond donors (Lipinski definition) is 1. The minimum absolute atomic E-state index is 0.214. The van der Waals surface area contributed by atoms with Crippen molar-refractivity contribution in [3.63, 3.8) is 0 Å². The van der Waals surface area contributed by atoms with Crippen molar-refractivity contribution in [2.24, 2.45) is 0 Å². The van der Waals surface area contributed by atoms with Crippen LogP contribution in [0.15, 0.2) is 18.2 Å². The molecule has 1 heterocycles. The van der Waals surface area contributed by atoms with Crippen LogP contribution in [0.2, 0.25) is 0 Å². The summed E-state index contributed by atoms with van der Waals surface area (Å²) in [6, 6.07) is 5.80. The van der Waals surface area contributed by atoms with Crippen molar-refractivity contribution >= 4 is 0 Å². The van der Waals surface area contributed by atoms with Crippen LogP contribution < -0.4 is 4.74 Å². The van der Waals surface area contributed by atoms with Crippen molar-refractivity contribution in [2.45, 2.75) is 45.2 Å². The van der Waals surface area contributed by atoms with E-state index in [0.717, 1.165) is 12.1 Å². The predicted molar refractivity (Wildman–Crippen MR) is 73.1 cm³/mol. The smallest absolute Gasteiger partial charge is 0.124 e. The van der Waals surface area contributed by atoms with Crippen LogP contribution in [0.3, 0.4) is 0 Å². The summed E-state index contributed by atoms with van der Waals surface area (Å²) in [5, 5.41) is 10.1. The van der Waals surface area contributed by atoms with E-state index in [0.29, 0.717) is 11.5 Å². The highest BCUT2D eigenvalue weighted by molar-refractivity contribution is 5.41. The highest BCUT2D eigenvalue weighted by Gasteiger charge is 2.36. The summed E-state index contributed by atoms with van der Waals surface area (Å²) in [4.78, 5) is 2.47. The van der Waals surface area contributed by atoms with Crippen LogP contribution in [-0.4, -0.2) is 29.2 Å². The molecule has 1 fully saturated rings. The topological polar surface area (TPSA) is 32.7 Å². The Bertz CT molecular complexity index is 429. The Labute approximate surface area is 109 Å². The number of hydrogen-bond acceptors (Lipinski definition) is 3. The molecule has 1 unspecified atom stereocenters. The number of methoxy groups -OCH3 is 1. The lowest BCUT2D eigenvalue weighted by Crippen LogP contribution is -2.39. The van der Waals surface area contributed by atoms with Gasteiger partial charge in [0, 0.05) is 23.2 Å². The monoisotopic (exact) mass is 249 g/mol. The average Bonchev–Trinajstić information content (AvgIpc) is 2.68. The molecule has 0 aromatic heterocycles. The molecule has 1 atom stereocenters. The molecular weight excluding hydrogens is 226 g/mol. The van der Waals surface area contributed by atoms with E-state index in [1.165, 1.54) is 12.8 Å². The van der Waals surface area contributed by atoms with Crippen molar-refractivity contribution < 1.29 is 9.84 Å². The predicted octanol–water partition coefficient (Wildman–Crippen LogP) is 3.34. The van der Waals surface area contributed by atoms with Crippen LogP contribution in [0.4, 0.5) is 0 Å². The molecule has 1 N–H and O–H groups in total. The highest BCUT2D eigenvalue weighted by atomic mass is 16.5. The first kappa shape index (κ1) is 13.2. The maximum absolute atomic E-state index is 10.1. The maximum Gasteiger partial charge on any atom is 0.124 e. The number of aromatic hydroxyl groups is 1. The van der Waals surface area contributed by atoms with E-state index in [4.69, 9.17) is 4.74 Å². The Morgan fingerprint density at radius 3 is 2.61 bits per heavy atom. The Hall–Kier alpha value is -1.22. The van der Waals surface area contributed by atoms with Crippen molar-refractivity contribution in [3.05, 3.63) is 23.8 Å². The minimum atomic E-state index is 0.214. The van der Waals surface area contributed by atoms with Gasteiger partial charge in [-0.05, 0) is 46.2 Å². The van der Waals surface area contributed by atoms with Crippen LogP contribution in [0.25, 0.3) is 0 Å². The first-order valence-electron chi connectivity index (χ1n) is 6.59. The summed E-state index contributed by atoms with van der Waals surface area (Å²) in [5.41, 5.74) is 1.19. The average molecular weight is 249 g/mol. The number of phenolic OH excluding ortho intramolecular Hbond substituents is 1. The van der Waals surface area contributed by atoms with Gasteiger partial charge < -0.3 is 9.84 Å². The molecule has 1 aliphatic rings. The number of phenols is 1. The zero-order valence-corrected chi connectivity index (χ0v) is 11.7. The summed E-state index contributed by atoms with van der Waals surface area (Å²) in [5.74, 6) is 1.02. The highest BCUT2D eigenvalue weighted by Crippen LogP contribution is 2.39. The van der Waals surface area contributed by atoms with Gasteiger partial charge in [-0.25, -0.2) is 0 Å². The molecule has 0 saturated carbocycles. The van der Waals surface area contributed by atoms with Crippen molar-refractivity contribution in [3.8, 4) is 11.5 Å². The molecule has 0 bridgehead atoms. The van der Waals surface area contributed by atoms with Gasteiger partial charge in [-0.2, -0.15) is 0 Å². The second kappa shape index (κ2) is 4.81. The van der Waals surface area contributed by atoms with Crippen molar-refractivity contribution in [1.29, 1.82) is 0 Å². The molecule has 1 aromatic rings. The van der Waals surface area contributed by atoms with E-state index >= 15 is 0 Å². The van der Waals surface area contributed by atoms with Crippen molar-refractivity contribution in [2.75, 3.05) is 13.7 Å². The van der Waals surface area contributed by atoms with Crippen LogP contribution >= 0.6 is 0 Å². The molecule has 0 radical (unpaired) electrons. The molecule has 3 nitrogen and oxygen atoms in total. The quantitative estimate of drug-likeness (QED) is 0.891. The summed E-state index contributed by atoms with van der Waals surface area (Å²) in [7, 11) is 1.61. The molecule has 1 aromatic carbocycles. The largest absolute Gasteiger partial charge is 0.507 e. The third-order valence-electron chi connectivity index (χ3n) is 4.12. The van der Waals surface area contributed by atoms with E-state index in [9.17, 15) is 5.11 Å². The molecule has 3 heteroatoms. The van der Waals surface area contributed by atoms with Gasteiger partial charge in [-0.15, -0.1) is 0 Å². The number of ether oxygens (including phenoxy) is 1. The Morgan fingerprint density at radius 2 is 2.11 bits per heavy atom. The lowest BCUT2D eigenvalue weighted by atomic mass is 9.98. The third kappa shape index (κ3) is 2.32. The summed E-state index contributed by atoms with van der Waals surface area (Å²) >= 11 is 0.